The van der Waals surface area contributed by atoms with E-state index >= 15 is 0 Å². The number of hydrogen-bond donors (Lipinski definition) is 1. The van der Waals surface area contributed by atoms with Crippen molar-refractivity contribution in [1.29, 1.82) is 0 Å². The molecule has 4 nitrogen and oxygen atoms in total. The predicted octanol–water partition coefficient (Wildman–Crippen LogP) is 1.48. The predicted molar refractivity (Wildman–Crippen MR) is 63.7 cm³/mol. The number of ether oxygens (including phenoxy) is 2. The van der Waals surface area contributed by atoms with Crippen LogP contribution in [0.25, 0.3) is 0 Å². The molecule has 0 spiro atoms. The molecule has 1 aromatic heterocycles. The van der Waals surface area contributed by atoms with Gasteiger partial charge in [-0.25, -0.2) is 0 Å². The lowest BCUT2D eigenvalue weighted by molar-refractivity contribution is 0.199. The largest absolute Gasteiger partial charge is 0.492 e. The average molecular weight is 224 g/mol. The Morgan fingerprint density at radius 3 is 2.94 bits per heavy atom. The van der Waals surface area contributed by atoms with Gasteiger partial charge in [0.05, 0.1) is 19.4 Å². The summed E-state index contributed by atoms with van der Waals surface area (Å²) in [5, 5.41) is 3.29. The highest BCUT2D eigenvalue weighted by Gasteiger charge is 1.92. The minimum absolute atomic E-state index is 0.748. The molecule has 0 aliphatic rings. The molecule has 0 aliphatic heterocycles. The summed E-state index contributed by atoms with van der Waals surface area (Å²) in [5.41, 5.74) is 0. The maximum Gasteiger partial charge on any atom is 0.137 e. The first kappa shape index (κ1) is 12.9. The van der Waals surface area contributed by atoms with Gasteiger partial charge in [-0.2, -0.15) is 0 Å². The summed E-state index contributed by atoms with van der Waals surface area (Å²) in [6.45, 7) is 3.45. The summed E-state index contributed by atoms with van der Waals surface area (Å²) in [6, 6.07) is 3.80. The van der Waals surface area contributed by atoms with E-state index in [0.717, 1.165) is 44.9 Å². The third-order valence-corrected chi connectivity index (χ3v) is 2.13. The van der Waals surface area contributed by atoms with Gasteiger partial charge < -0.3 is 14.8 Å². The van der Waals surface area contributed by atoms with Crippen molar-refractivity contribution >= 4 is 0 Å². The highest BCUT2D eigenvalue weighted by Crippen LogP contribution is 2.06. The van der Waals surface area contributed by atoms with Crippen molar-refractivity contribution in [3.8, 4) is 5.75 Å². The number of nitrogens with one attached hydrogen (secondary N) is 1. The normalized spacial score (nSPS) is 10.3. The molecule has 90 valence electrons. The molecule has 0 saturated heterocycles. The lowest BCUT2D eigenvalue weighted by atomic mass is 10.3. The highest BCUT2D eigenvalue weighted by atomic mass is 16.5. The summed E-state index contributed by atoms with van der Waals surface area (Å²) in [4.78, 5) is 3.98. The zero-order chi connectivity index (χ0) is 11.5. The zero-order valence-electron chi connectivity index (χ0n) is 9.82. The topological polar surface area (TPSA) is 43.4 Å². The number of hydrogen-bond acceptors (Lipinski definition) is 4. The van der Waals surface area contributed by atoms with E-state index in [1.165, 1.54) is 0 Å². The Kier molecular flexibility index (Phi) is 7.38. The van der Waals surface area contributed by atoms with E-state index < -0.39 is 0 Å². The molecule has 0 atom stereocenters. The van der Waals surface area contributed by atoms with Gasteiger partial charge in [-0.15, -0.1) is 0 Å². The number of pyridine rings is 1. The van der Waals surface area contributed by atoms with Gasteiger partial charge in [0, 0.05) is 19.9 Å². The van der Waals surface area contributed by atoms with Crippen LogP contribution in [0.5, 0.6) is 5.75 Å². The minimum atomic E-state index is 0.748. The summed E-state index contributed by atoms with van der Waals surface area (Å²) in [6.07, 6.45) is 5.64. The molecule has 0 unspecified atom stereocenters. The Balaban J connectivity index is 1.89. The van der Waals surface area contributed by atoms with Crippen LogP contribution >= 0.6 is 0 Å². The van der Waals surface area contributed by atoms with Gasteiger partial charge in [-0.1, -0.05) is 0 Å². The fourth-order valence-corrected chi connectivity index (χ4v) is 1.27. The van der Waals surface area contributed by atoms with E-state index in [4.69, 9.17) is 9.47 Å². The molecule has 0 saturated carbocycles. The van der Waals surface area contributed by atoms with Crippen LogP contribution in [0.2, 0.25) is 0 Å². The van der Waals surface area contributed by atoms with E-state index in [-0.39, 0.29) is 0 Å². The molecule has 0 fully saturated rings. The van der Waals surface area contributed by atoms with Crippen LogP contribution in [0.4, 0.5) is 0 Å². The van der Waals surface area contributed by atoms with Crippen LogP contribution in [0, 0.1) is 0 Å². The number of methoxy groups -OCH3 is 1. The maximum atomic E-state index is 5.52. The number of nitrogens with zero attached hydrogens (tertiary/aromatic N) is 1. The molecule has 0 aromatic carbocycles. The van der Waals surface area contributed by atoms with Crippen LogP contribution in [-0.2, 0) is 4.74 Å². The van der Waals surface area contributed by atoms with Gasteiger partial charge in [0.15, 0.2) is 0 Å². The Morgan fingerprint density at radius 1 is 1.25 bits per heavy atom. The SMILES string of the molecule is COCCNCCCCOc1cccnc1. The van der Waals surface area contributed by atoms with Crippen LogP contribution in [0.3, 0.4) is 0 Å². The molecule has 0 amide bonds. The van der Waals surface area contributed by atoms with E-state index in [9.17, 15) is 0 Å². The van der Waals surface area contributed by atoms with Crippen LogP contribution in [-0.4, -0.2) is 38.4 Å². The molecule has 0 radical (unpaired) electrons. The van der Waals surface area contributed by atoms with Crippen molar-refractivity contribution in [2.45, 2.75) is 12.8 Å². The lowest BCUT2D eigenvalue weighted by Gasteiger charge is -2.06. The Labute approximate surface area is 97.0 Å². The van der Waals surface area contributed by atoms with E-state index in [2.05, 4.69) is 10.3 Å². The molecule has 1 rings (SSSR count). The van der Waals surface area contributed by atoms with Gasteiger partial charge in [0.2, 0.25) is 0 Å². The Bertz CT molecular complexity index is 254. The number of unbranched alkanes of at least 4 members (excludes halogenated alkanes) is 1. The van der Waals surface area contributed by atoms with Crippen LogP contribution in [0.15, 0.2) is 24.5 Å². The van der Waals surface area contributed by atoms with E-state index in [0.29, 0.717) is 0 Å². The fourth-order valence-electron chi connectivity index (χ4n) is 1.27. The molecule has 0 aliphatic carbocycles. The van der Waals surface area contributed by atoms with Crippen molar-refractivity contribution in [2.75, 3.05) is 33.4 Å². The first-order chi connectivity index (χ1) is 7.93. The van der Waals surface area contributed by atoms with Crippen LogP contribution in [0.1, 0.15) is 12.8 Å². The monoisotopic (exact) mass is 224 g/mol. The summed E-state index contributed by atoms with van der Waals surface area (Å²) in [5.74, 6) is 0.842. The number of rotatable bonds is 9. The van der Waals surface area contributed by atoms with Crippen molar-refractivity contribution in [3.63, 3.8) is 0 Å². The standard InChI is InChI=1S/C12H20N2O2/c1-15-10-8-13-6-2-3-9-16-12-5-4-7-14-11-12/h4-5,7,11,13H,2-3,6,8-10H2,1H3. The van der Waals surface area contributed by atoms with Crippen LogP contribution < -0.4 is 10.1 Å². The second kappa shape index (κ2) is 9.12. The minimum Gasteiger partial charge on any atom is -0.492 e. The Hall–Kier alpha value is -1.13. The van der Waals surface area contributed by atoms with Gasteiger partial charge in [-0.3, -0.25) is 4.98 Å². The van der Waals surface area contributed by atoms with Gasteiger partial charge in [0.1, 0.15) is 5.75 Å². The average Bonchev–Trinajstić information content (AvgIpc) is 2.34. The smallest absolute Gasteiger partial charge is 0.137 e. The first-order valence-electron chi connectivity index (χ1n) is 5.66. The summed E-state index contributed by atoms with van der Waals surface area (Å²) >= 11 is 0. The molecule has 0 bridgehead atoms. The Morgan fingerprint density at radius 2 is 2.19 bits per heavy atom. The second-order valence-electron chi connectivity index (χ2n) is 3.49. The van der Waals surface area contributed by atoms with E-state index in [1.54, 1.807) is 19.5 Å². The van der Waals surface area contributed by atoms with Gasteiger partial charge in [0.25, 0.3) is 0 Å². The maximum absolute atomic E-state index is 5.52. The third-order valence-electron chi connectivity index (χ3n) is 2.13. The molecule has 1 N–H and O–H groups in total. The van der Waals surface area contributed by atoms with Crippen molar-refractivity contribution < 1.29 is 9.47 Å². The lowest BCUT2D eigenvalue weighted by Crippen LogP contribution is -2.20. The highest BCUT2D eigenvalue weighted by molar-refractivity contribution is 5.15. The van der Waals surface area contributed by atoms with Crippen molar-refractivity contribution in [2.24, 2.45) is 0 Å². The zero-order valence-corrected chi connectivity index (χ0v) is 9.82. The fraction of sp³-hybridized carbons (Fsp3) is 0.583. The quantitative estimate of drug-likeness (QED) is 0.645. The van der Waals surface area contributed by atoms with Gasteiger partial charge in [-0.05, 0) is 31.5 Å². The molecule has 1 aromatic rings. The molecule has 4 heteroatoms. The second-order valence-corrected chi connectivity index (χ2v) is 3.49. The molecular formula is C12H20N2O2. The van der Waals surface area contributed by atoms with Gasteiger partial charge >= 0.3 is 0 Å². The first-order valence-corrected chi connectivity index (χ1v) is 5.66. The van der Waals surface area contributed by atoms with Crippen molar-refractivity contribution in [1.82, 2.24) is 10.3 Å². The van der Waals surface area contributed by atoms with E-state index in [1.807, 2.05) is 12.1 Å². The molecule has 1 heterocycles. The summed E-state index contributed by atoms with van der Waals surface area (Å²) < 4.78 is 10.5. The molecule has 16 heavy (non-hydrogen) atoms. The molecular weight excluding hydrogens is 204 g/mol. The van der Waals surface area contributed by atoms with Crippen molar-refractivity contribution in [3.05, 3.63) is 24.5 Å². The number of aromatic nitrogens is 1. The third kappa shape index (κ3) is 6.37. The summed E-state index contributed by atoms with van der Waals surface area (Å²) in [7, 11) is 1.71.